The van der Waals surface area contributed by atoms with Crippen molar-refractivity contribution in [2.45, 2.75) is 19.6 Å². The molecule has 0 aliphatic carbocycles. The minimum Gasteiger partial charge on any atom is -0.392 e. The molecule has 84 valence electrons. The van der Waals surface area contributed by atoms with Gasteiger partial charge < -0.3 is 10.2 Å². The SMILES string of the molecule is CC(O)c1ccc(-c2cccc(CO)c2)s1. The highest BCUT2D eigenvalue weighted by Crippen LogP contribution is 2.31. The van der Waals surface area contributed by atoms with E-state index in [1.165, 1.54) is 0 Å². The standard InChI is InChI=1S/C13H14O2S/c1-9(15)12-5-6-13(16-12)11-4-2-3-10(7-11)8-14/h2-7,9,14-15H,8H2,1H3. The fraction of sp³-hybridized carbons (Fsp3) is 0.231. The number of thiophene rings is 1. The zero-order valence-electron chi connectivity index (χ0n) is 9.05. The van der Waals surface area contributed by atoms with Crippen molar-refractivity contribution < 1.29 is 10.2 Å². The average molecular weight is 234 g/mol. The highest BCUT2D eigenvalue weighted by molar-refractivity contribution is 7.15. The normalized spacial score (nSPS) is 12.7. The Balaban J connectivity index is 2.34. The van der Waals surface area contributed by atoms with Gasteiger partial charge in [0.15, 0.2) is 0 Å². The minimum atomic E-state index is -0.417. The van der Waals surface area contributed by atoms with Crippen LogP contribution in [-0.4, -0.2) is 10.2 Å². The number of aliphatic hydroxyl groups is 2. The van der Waals surface area contributed by atoms with Crippen molar-refractivity contribution in [1.29, 1.82) is 0 Å². The molecule has 0 fully saturated rings. The van der Waals surface area contributed by atoms with Crippen molar-refractivity contribution in [1.82, 2.24) is 0 Å². The first-order valence-electron chi connectivity index (χ1n) is 5.18. The fourth-order valence-electron chi connectivity index (χ4n) is 1.56. The molecule has 2 N–H and O–H groups in total. The van der Waals surface area contributed by atoms with E-state index >= 15 is 0 Å². The van der Waals surface area contributed by atoms with Gasteiger partial charge in [-0.05, 0) is 36.2 Å². The zero-order chi connectivity index (χ0) is 11.5. The average Bonchev–Trinajstić information content (AvgIpc) is 2.78. The number of aliphatic hydroxyl groups excluding tert-OH is 2. The maximum absolute atomic E-state index is 9.46. The van der Waals surface area contributed by atoms with Gasteiger partial charge in [-0.25, -0.2) is 0 Å². The Morgan fingerprint density at radius 1 is 1.25 bits per heavy atom. The van der Waals surface area contributed by atoms with Crippen LogP contribution in [-0.2, 0) is 6.61 Å². The van der Waals surface area contributed by atoms with E-state index in [1.807, 2.05) is 36.4 Å². The van der Waals surface area contributed by atoms with E-state index < -0.39 is 6.10 Å². The zero-order valence-corrected chi connectivity index (χ0v) is 9.87. The molecule has 1 unspecified atom stereocenters. The molecule has 1 atom stereocenters. The van der Waals surface area contributed by atoms with Gasteiger partial charge in [0.25, 0.3) is 0 Å². The summed E-state index contributed by atoms with van der Waals surface area (Å²) in [6.45, 7) is 1.82. The lowest BCUT2D eigenvalue weighted by molar-refractivity contribution is 0.203. The quantitative estimate of drug-likeness (QED) is 0.857. The Hall–Kier alpha value is -1.16. The molecule has 0 aliphatic heterocycles. The van der Waals surface area contributed by atoms with Crippen LogP contribution in [0, 0.1) is 0 Å². The third kappa shape index (κ3) is 2.32. The fourth-order valence-corrected chi connectivity index (χ4v) is 2.50. The monoisotopic (exact) mass is 234 g/mol. The molecule has 0 saturated carbocycles. The lowest BCUT2D eigenvalue weighted by Gasteiger charge is -2.01. The molecule has 0 bridgehead atoms. The molecule has 16 heavy (non-hydrogen) atoms. The first-order chi connectivity index (χ1) is 7.70. The van der Waals surface area contributed by atoms with Crippen LogP contribution < -0.4 is 0 Å². The van der Waals surface area contributed by atoms with Crippen molar-refractivity contribution in [2.24, 2.45) is 0 Å². The van der Waals surface area contributed by atoms with E-state index in [0.29, 0.717) is 0 Å². The van der Waals surface area contributed by atoms with Crippen molar-refractivity contribution in [2.75, 3.05) is 0 Å². The van der Waals surface area contributed by atoms with Crippen LogP contribution in [0.25, 0.3) is 10.4 Å². The van der Waals surface area contributed by atoms with Crippen molar-refractivity contribution in [3.05, 3.63) is 46.8 Å². The van der Waals surface area contributed by atoms with Gasteiger partial charge in [0.05, 0.1) is 12.7 Å². The second kappa shape index (κ2) is 4.78. The molecular formula is C13H14O2S. The predicted molar refractivity (Wildman–Crippen MR) is 66.3 cm³/mol. The Morgan fingerprint density at radius 3 is 2.69 bits per heavy atom. The Morgan fingerprint density at radius 2 is 2.06 bits per heavy atom. The molecule has 3 heteroatoms. The number of hydrogen-bond acceptors (Lipinski definition) is 3. The molecule has 1 aromatic heterocycles. The molecule has 1 aromatic carbocycles. The number of benzene rings is 1. The van der Waals surface area contributed by atoms with Crippen molar-refractivity contribution in [3.8, 4) is 10.4 Å². The van der Waals surface area contributed by atoms with Gasteiger partial charge in [-0.2, -0.15) is 0 Å². The third-order valence-corrected chi connectivity index (χ3v) is 3.74. The van der Waals surface area contributed by atoms with E-state index in [4.69, 9.17) is 5.11 Å². The van der Waals surface area contributed by atoms with Gasteiger partial charge in [0.1, 0.15) is 0 Å². The smallest absolute Gasteiger partial charge is 0.0854 e. The highest BCUT2D eigenvalue weighted by Gasteiger charge is 2.06. The first-order valence-corrected chi connectivity index (χ1v) is 6.00. The summed E-state index contributed by atoms with van der Waals surface area (Å²) in [6.07, 6.45) is -0.417. The van der Waals surface area contributed by atoms with Crippen LogP contribution in [0.1, 0.15) is 23.5 Å². The van der Waals surface area contributed by atoms with Crippen LogP contribution in [0.3, 0.4) is 0 Å². The molecule has 2 nitrogen and oxygen atoms in total. The highest BCUT2D eigenvalue weighted by atomic mass is 32.1. The molecule has 0 spiro atoms. The summed E-state index contributed by atoms with van der Waals surface area (Å²) in [5.74, 6) is 0. The van der Waals surface area contributed by atoms with Crippen molar-refractivity contribution >= 4 is 11.3 Å². The van der Waals surface area contributed by atoms with Gasteiger partial charge in [0, 0.05) is 9.75 Å². The summed E-state index contributed by atoms with van der Waals surface area (Å²) in [5, 5.41) is 18.5. The number of rotatable bonds is 3. The second-order valence-electron chi connectivity index (χ2n) is 3.74. The summed E-state index contributed by atoms with van der Waals surface area (Å²) in [4.78, 5) is 2.08. The predicted octanol–water partition coefficient (Wildman–Crippen LogP) is 2.96. The molecule has 0 saturated heterocycles. The Labute approximate surface area is 98.8 Å². The molecular weight excluding hydrogens is 220 g/mol. The van der Waals surface area contributed by atoms with Crippen molar-refractivity contribution in [3.63, 3.8) is 0 Å². The molecule has 0 radical (unpaired) electrons. The lowest BCUT2D eigenvalue weighted by atomic mass is 10.1. The van der Waals surface area contributed by atoms with Gasteiger partial charge in [-0.1, -0.05) is 18.2 Å². The van der Waals surface area contributed by atoms with Crippen LogP contribution in [0.5, 0.6) is 0 Å². The number of hydrogen-bond donors (Lipinski definition) is 2. The van der Waals surface area contributed by atoms with Gasteiger partial charge in [0.2, 0.25) is 0 Å². The van der Waals surface area contributed by atoms with Gasteiger partial charge in [-0.3, -0.25) is 0 Å². The maximum Gasteiger partial charge on any atom is 0.0854 e. The van der Waals surface area contributed by atoms with E-state index in [9.17, 15) is 5.11 Å². The minimum absolute atomic E-state index is 0.0580. The van der Waals surface area contributed by atoms with Crippen LogP contribution in [0.2, 0.25) is 0 Å². The largest absolute Gasteiger partial charge is 0.392 e. The van der Waals surface area contributed by atoms with Gasteiger partial charge >= 0.3 is 0 Å². The lowest BCUT2D eigenvalue weighted by Crippen LogP contribution is -1.83. The topological polar surface area (TPSA) is 40.5 Å². The van der Waals surface area contributed by atoms with Gasteiger partial charge in [-0.15, -0.1) is 11.3 Å². The summed E-state index contributed by atoms with van der Waals surface area (Å²) < 4.78 is 0. The van der Waals surface area contributed by atoms with Crippen LogP contribution in [0.4, 0.5) is 0 Å². The second-order valence-corrected chi connectivity index (χ2v) is 4.85. The van der Waals surface area contributed by atoms with E-state index in [-0.39, 0.29) is 6.61 Å². The first kappa shape index (κ1) is 11.3. The molecule has 2 rings (SSSR count). The summed E-state index contributed by atoms with van der Waals surface area (Å²) in [6, 6.07) is 11.8. The van der Waals surface area contributed by atoms with E-state index in [0.717, 1.165) is 20.9 Å². The molecule has 1 heterocycles. The summed E-state index contributed by atoms with van der Waals surface area (Å²) >= 11 is 1.58. The van der Waals surface area contributed by atoms with Crippen LogP contribution >= 0.6 is 11.3 Å². The Kier molecular flexibility index (Phi) is 3.39. The Bertz CT molecular complexity index is 474. The summed E-state index contributed by atoms with van der Waals surface area (Å²) in [5.41, 5.74) is 1.99. The van der Waals surface area contributed by atoms with E-state index in [2.05, 4.69) is 0 Å². The molecule has 0 amide bonds. The third-order valence-electron chi connectivity index (χ3n) is 2.43. The van der Waals surface area contributed by atoms with E-state index in [1.54, 1.807) is 18.3 Å². The van der Waals surface area contributed by atoms with Crippen LogP contribution in [0.15, 0.2) is 36.4 Å². The molecule has 0 aliphatic rings. The maximum atomic E-state index is 9.46. The summed E-state index contributed by atoms with van der Waals surface area (Å²) in [7, 11) is 0. The molecule has 2 aromatic rings.